The SMILES string of the molecule is CC(NC(=O)c1c(N)nn2cccnc12)c1cc2scc(-c3cnn(C)c3)c2c(=O)n1-c1ccccc1. The highest BCUT2D eigenvalue weighted by molar-refractivity contribution is 7.17. The first kappa shape index (κ1) is 22.7. The Hall–Kier alpha value is -4.77. The molecule has 3 N–H and O–H groups in total. The van der Waals surface area contributed by atoms with Gasteiger partial charge in [0.05, 0.1) is 17.6 Å². The number of hydrogen-bond acceptors (Lipinski definition) is 7. The zero-order chi connectivity index (χ0) is 25.7. The fourth-order valence-corrected chi connectivity index (χ4v) is 5.53. The number of nitrogen functional groups attached to an aromatic ring is 1. The molecule has 11 heteroatoms. The summed E-state index contributed by atoms with van der Waals surface area (Å²) >= 11 is 1.48. The van der Waals surface area contributed by atoms with E-state index in [4.69, 9.17) is 5.73 Å². The Kier molecular flexibility index (Phi) is 5.34. The molecule has 0 saturated carbocycles. The van der Waals surface area contributed by atoms with Crippen LogP contribution < -0.4 is 16.6 Å². The molecule has 0 radical (unpaired) electrons. The highest BCUT2D eigenvalue weighted by Gasteiger charge is 2.24. The molecule has 0 aliphatic heterocycles. The lowest BCUT2D eigenvalue weighted by molar-refractivity contribution is 0.0941. The monoisotopic (exact) mass is 510 g/mol. The molecule has 5 heterocycles. The Labute approximate surface area is 214 Å². The van der Waals surface area contributed by atoms with Crippen molar-refractivity contribution in [3.63, 3.8) is 0 Å². The number of nitrogens with two attached hydrogens (primary N) is 1. The van der Waals surface area contributed by atoms with Crippen molar-refractivity contribution in [1.82, 2.24) is 34.3 Å². The number of hydrogen-bond donors (Lipinski definition) is 2. The number of carbonyl (C=O) groups excluding carboxylic acids is 1. The number of benzene rings is 1. The van der Waals surface area contributed by atoms with Crippen LogP contribution in [0.15, 0.2) is 77.4 Å². The summed E-state index contributed by atoms with van der Waals surface area (Å²) in [6.07, 6.45) is 6.89. The molecule has 0 bridgehead atoms. The van der Waals surface area contributed by atoms with Crippen LogP contribution in [-0.4, -0.2) is 34.9 Å². The van der Waals surface area contributed by atoms with Crippen molar-refractivity contribution in [3.05, 3.63) is 94.2 Å². The van der Waals surface area contributed by atoms with Gasteiger partial charge < -0.3 is 11.1 Å². The third-order valence-electron chi connectivity index (χ3n) is 6.24. The first-order chi connectivity index (χ1) is 17.9. The van der Waals surface area contributed by atoms with Gasteiger partial charge in [-0.1, -0.05) is 18.2 Å². The number of nitrogens with zero attached hydrogens (tertiary/aromatic N) is 6. The molecule has 6 rings (SSSR count). The maximum atomic E-state index is 14.0. The number of nitrogens with one attached hydrogen (secondary N) is 1. The van der Waals surface area contributed by atoms with E-state index in [0.717, 1.165) is 15.8 Å². The second-order valence-electron chi connectivity index (χ2n) is 8.68. The molecule has 1 aromatic carbocycles. The van der Waals surface area contributed by atoms with Crippen LogP contribution in [0.4, 0.5) is 5.82 Å². The molecule has 0 fully saturated rings. The van der Waals surface area contributed by atoms with E-state index >= 15 is 0 Å². The topological polar surface area (TPSA) is 125 Å². The molecular weight excluding hydrogens is 488 g/mol. The summed E-state index contributed by atoms with van der Waals surface area (Å²) in [5.74, 6) is -0.341. The van der Waals surface area contributed by atoms with Crippen LogP contribution in [-0.2, 0) is 7.05 Å². The fourth-order valence-electron chi connectivity index (χ4n) is 4.53. The van der Waals surface area contributed by atoms with E-state index in [1.165, 1.54) is 15.9 Å². The zero-order valence-corrected chi connectivity index (χ0v) is 20.8. The molecule has 0 aliphatic rings. The molecule has 10 nitrogen and oxygen atoms in total. The number of thiophene rings is 1. The standard InChI is InChI=1S/C26H22N8O2S/c1-15(30-25(35)22-23(27)31-33-10-6-9-28-24(22)33)19-11-20-21(18(14-37-20)16-12-29-32(2)13-16)26(36)34(19)17-7-4-3-5-8-17/h3-15H,1-2H3,(H2,27,31)(H,30,35). The molecule has 6 aromatic rings. The highest BCUT2D eigenvalue weighted by atomic mass is 32.1. The third-order valence-corrected chi connectivity index (χ3v) is 7.17. The smallest absolute Gasteiger partial charge is 0.264 e. The number of carbonyl (C=O) groups is 1. The van der Waals surface area contributed by atoms with Crippen LogP contribution in [0.5, 0.6) is 0 Å². The van der Waals surface area contributed by atoms with E-state index in [2.05, 4.69) is 20.5 Å². The van der Waals surface area contributed by atoms with Crippen LogP contribution >= 0.6 is 11.3 Å². The van der Waals surface area contributed by atoms with Gasteiger partial charge in [-0.2, -0.15) is 5.10 Å². The number of anilines is 1. The first-order valence-corrected chi connectivity index (χ1v) is 12.4. The molecule has 37 heavy (non-hydrogen) atoms. The summed E-state index contributed by atoms with van der Waals surface area (Å²) in [6.45, 7) is 1.84. The fraction of sp³-hybridized carbons (Fsp3) is 0.115. The predicted molar refractivity (Wildman–Crippen MR) is 143 cm³/mol. The predicted octanol–water partition coefficient (Wildman–Crippen LogP) is 3.57. The Morgan fingerprint density at radius 2 is 2.00 bits per heavy atom. The maximum Gasteiger partial charge on any atom is 0.264 e. The Balaban J connectivity index is 1.48. The molecule has 0 saturated heterocycles. The van der Waals surface area contributed by atoms with E-state index in [1.807, 2.05) is 61.9 Å². The molecule has 1 unspecified atom stereocenters. The van der Waals surface area contributed by atoms with E-state index in [0.29, 0.717) is 22.4 Å². The van der Waals surface area contributed by atoms with Gasteiger partial charge in [-0.05, 0) is 31.2 Å². The first-order valence-electron chi connectivity index (χ1n) is 11.5. The van der Waals surface area contributed by atoms with Crippen molar-refractivity contribution < 1.29 is 4.79 Å². The average Bonchev–Trinajstić information content (AvgIpc) is 3.60. The van der Waals surface area contributed by atoms with Gasteiger partial charge in [0.1, 0.15) is 5.56 Å². The Morgan fingerprint density at radius 3 is 2.76 bits per heavy atom. The lowest BCUT2D eigenvalue weighted by Gasteiger charge is -2.20. The number of pyridine rings is 1. The van der Waals surface area contributed by atoms with Gasteiger partial charge in [-0.3, -0.25) is 18.8 Å². The van der Waals surface area contributed by atoms with Crippen molar-refractivity contribution >= 4 is 38.8 Å². The maximum absolute atomic E-state index is 14.0. The third kappa shape index (κ3) is 3.76. The van der Waals surface area contributed by atoms with Crippen LogP contribution in [0.25, 0.3) is 32.5 Å². The minimum atomic E-state index is -0.535. The average molecular weight is 511 g/mol. The summed E-state index contributed by atoms with van der Waals surface area (Å²) in [5, 5.41) is 14.0. The number of rotatable bonds is 5. The van der Waals surface area contributed by atoms with Gasteiger partial charge in [-0.25, -0.2) is 9.50 Å². The molecule has 184 valence electrons. The summed E-state index contributed by atoms with van der Waals surface area (Å²) in [4.78, 5) is 31.6. The summed E-state index contributed by atoms with van der Waals surface area (Å²) in [7, 11) is 1.84. The number of para-hydroxylation sites is 1. The molecule has 0 spiro atoms. The van der Waals surface area contributed by atoms with Gasteiger partial charge in [0, 0.05) is 58.2 Å². The molecular formula is C26H22N8O2S. The van der Waals surface area contributed by atoms with Crippen LogP contribution in [0.1, 0.15) is 29.0 Å². The van der Waals surface area contributed by atoms with Crippen molar-refractivity contribution in [1.29, 1.82) is 0 Å². The van der Waals surface area contributed by atoms with Gasteiger partial charge >= 0.3 is 0 Å². The lowest BCUT2D eigenvalue weighted by atomic mass is 10.1. The largest absolute Gasteiger partial charge is 0.381 e. The number of amides is 1. The number of aromatic nitrogens is 6. The Bertz CT molecular complexity index is 1850. The zero-order valence-electron chi connectivity index (χ0n) is 20.0. The van der Waals surface area contributed by atoms with Gasteiger partial charge in [0.25, 0.3) is 11.5 Å². The molecule has 5 aromatic heterocycles. The highest BCUT2D eigenvalue weighted by Crippen LogP contribution is 2.34. The van der Waals surface area contributed by atoms with Crippen LogP contribution in [0.3, 0.4) is 0 Å². The van der Waals surface area contributed by atoms with Crippen molar-refractivity contribution in [2.45, 2.75) is 13.0 Å². The summed E-state index contributed by atoms with van der Waals surface area (Å²) in [6, 6.07) is 12.5. The van der Waals surface area contributed by atoms with Gasteiger partial charge in [0.15, 0.2) is 11.5 Å². The summed E-state index contributed by atoms with van der Waals surface area (Å²) in [5.41, 5.74) is 9.48. The molecule has 0 aliphatic carbocycles. The van der Waals surface area contributed by atoms with Crippen molar-refractivity contribution in [2.75, 3.05) is 5.73 Å². The minimum absolute atomic E-state index is 0.0821. The van der Waals surface area contributed by atoms with E-state index in [1.54, 1.807) is 33.9 Å². The summed E-state index contributed by atoms with van der Waals surface area (Å²) < 4.78 is 5.65. The van der Waals surface area contributed by atoms with Crippen LogP contribution in [0, 0.1) is 0 Å². The number of fused-ring (bicyclic) bond motifs is 2. The van der Waals surface area contributed by atoms with E-state index in [-0.39, 0.29) is 16.9 Å². The Morgan fingerprint density at radius 1 is 1.19 bits per heavy atom. The quantitative estimate of drug-likeness (QED) is 0.365. The van der Waals surface area contributed by atoms with Crippen LogP contribution in [0.2, 0.25) is 0 Å². The van der Waals surface area contributed by atoms with Gasteiger partial charge in [-0.15, -0.1) is 16.4 Å². The van der Waals surface area contributed by atoms with Crippen molar-refractivity contribution in [3.8, 4) is 16.8 Å². The lowest BCUT2D eigenvalue weighted by Crippen LogP contribution is -2.32. The normalized spacial score (nSPS) is 12.3. The number of aryl methyl sites for hydroxylation is 1. The van der Waals surface area contributed by atoms with Gasteiger partial charge in [0.2, 0.25) is 0 Å². The van der Waals surface area contributed by atoms with E-state index < -0.39 is 11.9 Å². The second-order valence-corrected chi connectivity index (χ2v) is 9.59. The molecule has 1 amide bonds. The van der Waals surface area contributed by atoms with E-state index in [9.17, 15) is 9.59 Å². The molecule has 1 atom stereocenters. The van der Waals surface area contributed by atoms with Crippen molar-refractivity contribution in [2.24, 2.45) is 7.05 Å². The second kappa shape index (κ2) is 8.71. The minimum Gasteiger partial charge on any atom is -0.381 e.